The Bertz CT molecular complexity index is 269. The Morgan fingerprint density at radius 2 is 2.27 bits per heavy atom. The minimum Gasteiger partial charge on any atom is -0.256 e. The van der Waals surface area contributed by atoms with Crippen LogP contribution in [-0.2, 0) is 0 Å². The fourth-order valence-corrected chi connectivity index (χ4v) is 0.779. The molecule has 1 heterocycles. The van der Waals surface area contributed by atoms with E-state index in [-0.39, 0.29) is 0 Å². The normalized spacial score (nSPS) is 9.18. The smallest absolute Gasteiger partial charge is 0.0653 e. The summed E-state index contributed by atoms with van der Waals surface area (Å²) in [5, 5.41) is 0. The van der Waals surface area contributed by atoms with Crippen molar-refractivity contribution in [3.8, 4) is 0 Å². The molecule has 11 heavy (non-hydrogen) atoms. The van der Waals surface area contributed by atoms with Crippen molar-refractivity contribution in [2.45, 2.75) is 6.92 Å². The molecule has 1 nitrogen and oxygen atoms in total. The predicted octanol–water partition coefficient (Wildman–Crippen LogP) is 2.76. The summed E-state index contributed by atoms with van der Waals surface area (Å²) in [6.45, 7) is 9.38. The number of allylic oxidation sites excluding steroid dienone is 1. The summed E-state index contributed by atoms with van der Waals surface area (Å²) in [5.74, 6) is 0. The van der Waals surface area contributed by atoms with Crippen LogP contribution in [-0.4, -0.2) is 4.98 Å². The Labute approximate surface area is 67.1 Å². The molecule has 0 aliphatic rings. The molecule has 0 saturated carbocycles. The molecule has 1 heteroatoms. The molecule has 0 radical (unpaired) electrons. The maximum atomic E-state index is 4.18. The summed E-state index contributed by atoms with van der Waals surface area (Å²) in [4.78, 5) is 4.18. The van der Waals surface area contributed by atoms with Gasteiger partial charge in [-0.3, -0.25) is 4.98 Å². The molecule has 0 spiro atoms. The van der Waals surface area contributed by atoms with E-state index in [1.54, 1.807) is 12.3 Å². The summed E-state index contributed by atoms with van der Waals surface area (Å²) in [7, 11) is 0. The Kier molecular flexibility index (Phi) is 2.21. The Morgan fingerprint density at radius 3 is 2.64 bits per heavy atom. The second-order valence-corrected chi connectivity index (χ2v) is 2.46. The second-order valence-electron chi connectivity index (χ2n) is 2.46. The van der Waals surface area contributed by atoms with E-state index in [0.717, 1.165) is 16.8 Å². The van der Waals surface area contributed by atoms with Crippen LogP contribution in [0.4, 0.5) is 0 Å². The van der Waals surface area contributed by atoms with Crippen LogP contribution in [0.2, 0.25) is 0 Å². The molecule has 0 atom stereocenters. The lowest BCUT2D eigenvalue weighted by Crippen LogP contribution is -1.84. The molecule has 1 rings (SSSR count). The highest BCUT2D eigenvalue weighted by molar-refractivity contribution is 5.59. The Morgan fingerprint density at radius 1 is 1.55 bits per heavy atom. The first-order valence-corrected chi connectivity index (χ1v) is 3.48. The van der Waals surface area contributed by atoms with E-state index in [9.17, 15) is 0 Å². The lowest BCUT2D eigenvalue weighted by atomic mass is 10.2. The minimum absolute atomic E-state index is 0.940. The predicted molar refractivity (Wildman–Crippen MR) is 49.0 cm³/mol. The van der Waals surface area contributed by atoms with Crippen molar-refractivity contribution in [3.05, 3.63) is 42.7 Å². The first-order valence-electron chi connectivity index (χ1n) is 3.48. The first-order chi connectivity index (χ1) is 5.24. The summed E-state index contributed by atoms with van der Waals surface area (Å²) < 4.78 is 0. The average Bonchev–Trinajstić information content (AvgIpc) is 2.05. The van der Waals surface area contributed by atoms with Crippen molar-refractivity contribution in [2.75, 3.05) is 0 Å². The standard InChI is InChI=1S/C10H11N/c1-4-9-5-6-10(8(2)3)11-7-9/h4-7H,1-2H2,3H3. The van der Waals surface area contributed by atoms with Gasteiger partial charge in [-0.2, -0.15) is 0 Å². The number of pyridine rings is 1. The second kappa shape index (κ2) is 3.15. The molecule has 0 aliphatic carbocycles. The van der Waals surface area contributed by atoms with E-state index >= 15 is 0 Å². The number of hydrogen-bond acceptors (Lipinski definition) is 1. The Hall–Kier alpha value is -1.37. The number of aromatic nitrogens is 1. The number of hydrogen-bond donors (Lipinski definition) is 0. The van der Waals surface area contributed by atoms with Crippen LogP contribution in [0.25, 0.3) is 11.6 Å². The van der Waals surface area contributed by atoms with Crippen molar-refractivity contribution in [1.82, 2.24) is 4.98 Å². The molecule has 0 aromatic carbocycles. The van der Waals surface area contributed by atoms with E-state index in [1.807, 2.05) is 19.1 Å². The highest BCUT2D eigenvalue weighted by atomic mass is 14.7. The van der Waals surface area contributed by atoms with Gasteiger partial charge in [0.15, 0.2) is 0 Å². The van der Waals surface area contributed by atoms with Crippen molar-refractivity contribution >= 4 is 11.6 Å². The third-order valence-electron chi connectivity index (χ3n) is 1.46. The van der Waals surface area contributed by atoms with E-state index in [1.165, 1.54) is 0 Å². The van der Waals surface area contributed by atoms with Gasteiger partial charge in [-0.15, -0.1) is 0 Å². The summed E-state index contributed by atoms with van der Waals surface area (Å²) in [5.41, 5.74) is 2.96. The van der Waals surface area contributed by atoms with Gasteiger partial charge in [0.1, 0.15) is 0 Å². The van der Waals surface area contributed by atoms with Crippen LogP contribution >= 0.6 is 0 Å². The van der Waals surface area contributed by atoms with E-state index in [0.29, 0.717) is 0 Å². The van der Waals surface area contributed by atoms with Crippen molar-refractivity contribution in [3.63, 3.8) is 0 Å². The molecule has 0 saturated heterocycles. The molecule has 0 aliphatic heterocycles. The lowest BCUT2D eigenvalue weighted by Gasteiger charge is -1.97. The largest absolute Gasteiger partial charge is 0.256 e. The van der Waals surface area contributed by atoms with Gasteiger partial charge in [0.25, 0.3) is 0 Å². The quantitative estimate of drug-likeness (QED) is 0.623. The molecule has 56 valence electrons. The van der Waals surface area contributed by atoms with Gasteiger partial charge in [0, 0.05) is 6.20 Å². The average molecular weight is 145 g/mol. The van der Waals surface area contributed by atoms with Gasteiger partial charge in [0.05, 0.1) is 5.69 Å². The van der Waals surface area contributed by atoms with Crippen molar-refractivity contribution < 1.29 is 0 Å². The molecular formula is C10H11N. The lowest BCUT2D eigenvalue weighted by molar-refractivity contribution is 1.26. The van der Waals surface area contributed by atoms with Gasteiger partial charge >= 0.3 is 0 Å². The van der Waals surface area contributed by atoms with Crippen LogP contribution in [0.15, 0.2) is 31.5 Å². The first kappa shape index (κ1) is 7.73. The fourth-order valence-electron chi connectivity index (χ4n) is 0.779. The number of rotatable bonds is 2. The maximum absolute atomic E-state index is 4.18. The highest BCUT2D eigenvalue weighted by Crippen LogP contribution is 2.08. The molecule has 1 aromatic rings. The molecule has 0 N–H and O–H groups in total. The summed E-state index contributed by atoms with van der Waals surface area (Å²) in [6, 6.07) is 3.92. The molecule has 0 amide bonds. The fraction of sp³-hybridized carbons (Fsp3) is 0.100. The summed E-state index contributed by atoms with van der Waals surface area (Å²) >= 11 is 0. The zero-order valence-corrected chi connectivity index (χ0v) is 6.67. The van der Waals surface area contributed by atoms with Gasteiger partial charge in [-0.1, -0.05) is 25.3 Å². The van der Waals surface area contributed by atoms with E-state index in [4.69, 9.17) is 0 Å². The van der Waals surface area contributed by atoms with Crippen molar-refractivity contribution in [1.29, 1.82) is 0 Å². The minimum atomic E-state index is 0.940. The van der Waals surface area contributed by atoms with Crippen LogP contribution < -0.4 is 0 Å². The van der Waals surface area contributed by atoms with Crippen LogP contribution in [0, 0.1) is 0 Å². The third-order valence-corrected chi connectivity index (χ3v) is 1.46. The number of nitrogens with zero attached hydrogens (tertiary/aromatic N) is 1. The SMILES string of the molecule is C=Cc1ccc(C(=C)C)nc1. The molecule has 0 fully saturated rings. The van der Waals surface area contributed by atoms with Gasteiger partial charge < -0.3 is 0 Å². The topological polar surface area (TPSA) is 12.9 Å². The highest BCUT2D eigenvalue weighted by Gasteiger charge is 1.92. The van der Waals surface area contributed by atoms with Crippen LogP contribution in [0.3, 0.4) is 0 Å². The van der Waals surface area contributed by atoms with Crippen LogP contribution in [0.1, 0.15) is 18.2 Å². The molecule has 0 unspecified atom stereocenters. The maximum Gasteiger partial charge on any atom is 0.0653 e. The Balaban J connectivity index is 3.00. The van der Waals surface area contributed by atoms with E-state index in [2.05, 4.69) is 18.1 Å². The molecular weight excluding hydrogens is 134 g/mol. The van der Waals surface area contributed by atoms with Crippen LogP contribution in [0.5, 0.6) is 0 Å². The van der Waals surface area contributed by atoms with Gasteiger partial charge in [-0.05, 0) is 24.1 Å². The monoisotopic (exact) mass is 145 g/mol. The molecule has 1 aromatic heterocycles. The molecule has 0 bridgehead atoms. The van der Waals surface area contributed by atoms with Gasteiger partial charge in [0.2, 0.25) is 0 Å². The summed E-state index contributed by atoms with van der Waals surface area (Å²) in [6.07, 6.45) is 3.56. The van der Waals surface area contributed by atoms with Crippen molar-refractivity contribution in [2.24, 2.45) is 0 Å². The zero-order valence-electron chi connectivity index (χ0n) is 6.67. The zero-order chi connectivity index (χ0) is 8.27. The van der Waals surface area contributed by atoms with E-state index < -0.39 is 0 Å². The van der Waals surface area contributed by atoms with Gasteiger partial charge in [-0.25, -0.2) is 0 Å². The third kappa shape index (κ3) is 1.77.